The molecule has 14 heavy (non-hydrogen) atoms. The average molecular weight is 209 g/mol. The molecule has 6 heteroatoms. The van der Waals surface area contributed by atoms with Crippen molar-refractivity contribution in [3.05, 3.63) is 18.2 Å². The fraction of sp³-hybridized carbons (Fsp3) is 0. The number of phenolic OH excluding ortho intramolecular Hbond substituents is 1. The summed E-state index contributed by atoms with van der Waals surface area (Å²) in [6.07, 6.45) is 0. The number of aromatic hydroxyl groups is 1. The van der Waals surface area contributed by atoms with Crippen LogP contribution in [0.4, 0.5) is 5.69 Å². The van der Waals surface area contributed by atoms with Crippen LogP contribution < -0.4 is 10.5 Å². The summed E-state index contributed by atoms with van der Waals surface area (Å²) >= 11 is 1.16. The minimum atomic E-state index is -1.56. The fourth-order valence-corrected chi connectivity index (χ4v) is 2.35. The summed E-state index contributed by atoms with van der Waals surface area (Å²) in [4.78, 5) is 0. The first-order valence-corrected chi connectivity index (χ1v) is 4.78. The van der Waals surface area contributed by atoms with Crippen LogP contribution in [0.25, 0.3) is 10.1 Å². The zero-order valence-electron chi connectivity index (χ0n) is 7.14. The summed E-state index contributed by atoms with van der Waals surface area (Å²) in [5.41, 5.74) is 6.06. The number of fused-ring (bicyclic) bond motifs is 1. The van der Waals surface area contributed by atoms with Crippen LogP contribution in [0, 0.1) is 0 Å². The molecule has 0 aliphatic heterocycles. The molecule has 1 aromatic carbocycles. The molecule has 0 amide bonds. The second-order valence-electron chi connectivity index (χ2n) is 2.93. The first-order chi connectivity index (χ1) is 6.59. The Morgan fingerprint density at radius 1 is 1.29 bits per heavy atom. The molecule has 72 valence electrons. The third kappa shape index (κ3) is 1.33. The molecular weight excluding hydrogens is 201 g/mol. The van der Waals surface area contributed by atoms with E-state index in [0.29, 0.717) is 10.5 Å². The van der Waals surface area contributed by atoms with Gasteiger partial charge in [-0.2, -0.15) is 0 Å². The number of hydrogen-bond acceptors (Lipinski definition) is 5. The summed E-state index contributed by atoms with van der Waals surface area (Å²) in [7, 11) is -1.56. The number of thiophene rings is 1. The van der Waals surface area contributed by atoms with E-state index in [1.807, 2.05) is 0 Å². The molecule has 0 saturated heterocycles. The van der Waals surface area contributed by atoms with Gasteiger partial charge >= 0.3 is 7.12 Å². The minimum Gasteiger partial charge on any atom is -0.508 e. The van der Waals surface area contributed by atoms with Crippen LogP contribution in [0.3, 0.4) is 0 Å². The van der Waals surface area contributed by atoms with E-state index >= 15 is 0 Å². The molecular formula is C8H8BNO3S. The van der Waals surface area contributed by atoms with E-state index in [4.69, 9.17) is 15.8 Å². The molecule has 1 aromatic heterocycles. The van der Waals surface area contributed by atoms with Crippen molar-refractivity contribution in [2.45, 2.75) is 0 Å². The van der Waals surface area contributed by atoms with Gasteiger partial charge in [0.25, 0.3) is 0 Å². The van der Waals surface area contributed by atoms with Gasteiger partial charge in [-0.15, -0.1) is 11.3 Å². The van der Waals surface area contributed by atoms with Crippen molar-refractivity contribution in [1.29, 1.82) is 0 Å². The second-order valence-corrected chi connectivity index (χ2v) is 4.02. The number of rotatable bonds is 1. The van der Waals surface area contributed by atoms with E-state index in [-0.39, 0.29) is 5.75 Å². The van der Waals surface area contributed by atoms with Crippen molar-refractivity contribution in [3.8, 4) is 5.75 Å². The lowest BCUT2D eigenvalue weighted by atomic mass is 9.88. The molecule has 0 spiro atoms. The van der Waals surface area contributed by atoms with Crippen LogP contribution in [-0.2, 0) is 0 Å². The lowest BCUT2D eigenvalue weighted by Gasteiger charge is -1.95. The molecule has 0 unspecified atom stereocenters. The predicted octanol–water partition coefficient (Wildman–Crippen LogP) is -0.131. The van der Waals surface area contributed by atoms with Crippen LogP contribution in [0.5, 0.6) is 5.75 Å². The fourth-order valence-electron chi connectivity index (χ4n) is 1.32. The molecule has 5 N–H and O–H groups in total. The monoisotopic (exact) mass is 209 g/mol. The number of nitrogen functional groups attached to an aromatic ring is 1. The van der Waals surface area contributed by atoms with E-state index in [1.54, 1.807) is 12.1 Å². The van der Waals surface area contributed by atoms with Gasteiger partial charge in [0.05, 0.1) is 4.78 Å². The zero-order chi connectivity index (χ0) is 10.3. The topological polar surface area (TPSA) is 86.7 Å². The normalized spacial score (nSPS) is 10.7. The molecule has 4 nitrogen and oxygen atoms in total. The van der Waals surface area contributed by atoms with Crippen LogP contribution in [0.1, 0.15) is 0 Å². The van der Waals surface area contributed by atoms with Gasteiger partial charge in [-0.3, -0.25) is 0 Å². The Bertz CT molecular complexity index is 483. The van der Waals surface area contributed by atoms with Crippen LogP contribution in [0.15, 0.2) is 18.2 Å². The molecule has 1 heterocycles. The standard InChI is InChI=1S/C8H8BNO3S/c10-7-5-2-1-4(11)3-6(5)14-8(7)9(12)13/h1-3,11-13H,10H2. The molecule has 0 radical (unpaired) electrons. The van der Waals surface area contributed by atoms with Crippen molar-refractivity contribution in [1.82, 2.24) is 0 Å². The Kier molecular flexibility index (Phi) is 2.11. The van der Waals surface area contributed by atoms with Gasteiger partial charge in [0.2, 0.25) is 0 Å². The summed E-state index contributed by atoms with van der Waals surface area (Å²) < 4.78 is 1.05. The van der Waals surface area contributed by atoms with Crippen LogP contribution in [-0.4, -0.2) is 22.3 Å². The summed E-state index contributed by atoms with van der Waals surface area (Å²) in [6.45, 7) is 0. The first-order valence-electron chi connectivity index (χ1n) is 3.96. The van der Waals surface area contributed by atoms with Crippen molar-refractivity contribution in [2.24, 2.45) is 0 Å². The predicted molar refractivity (Wildman–Crippen MR) is 57.7 cm³/mol. The Morgan fingerprint density at radius 2 is 2.00 bits per heavy atom. The summed E-state index contributed by atoms with van der Waals surface area (Å²) in [6, 6.07) is 4.71. The van der Waals surface area contributed by atoms with E-state index in [9.17, 15) is 5.11 Å². The molecule has 0 atom stereocenters. The number of hydrogen-bond donors (Lipinski definition) is 4. The maximum atomic E-state index is 9.21. The van der Waals surface area contributed by atoms with Gasteiger partial charge in [0.15, 0.2) is 0 Å². The third-order valence-corrected chi connectivity index (χ3v) is 3.18. The van der Waals surface area contributed by atoms with Crippen molar-refractivity contribution >= 4 is 39.0 Å². The zero-order valence-corrected chi connectivity index (χ0v) is 7.95. The summed E-state index contributed by atoms with van der Waals surface area (Å²) in [5, 5.41) is 27.9. The summed E-state index contributed by atoms with van der Waals surface area (Å²) in [5.74, 6) is 0.137. The van der Waals surface area contributed by atoms with Crippen molar-refractivity contribution in [2.75, 3.05) is 5.73 Å². The van der Waals surface area contributed by atoms with E-state index in [2.05, 4.69) is 0 Å². The van der Waals surface area contributed by atoms with Crippen LogP contribution in [0.2, 0.25) is 0 Å². The van der Waals surface area contributed by atoms with Gasteiger partial charge in [-0.05, 0) is 18.2 Å². The Morgan fingerprint density at radius 3 is 2.64 bits per heavy atom. The first kappa shape index (κ1) is 9.33. The highest BCUT2D eigenvalue weighted by Gasteiger charge is 2.19. The Hall–Kier alpha value is -1.24. The largest absolute Gasteiger partial charge is 0.508 e. The smallest absolute Gasteiger partial charge is 0.501 e. The average Bonchev–Trinajstić information content (AvgIpc) is 2.43. The van der Waals surface area contributed by atoms with E-state index in [0.717, 1.165) is 21.4 Å². The Labute approximate surface area is 84.4 Å². The van der Waals surface area contributed by atoms with Gasteiger partial charge < -0.3 is 20.9 Å². The molecule has 0 saturated carbocycles. The lowest BCUT2D eigenvalue weighted by molar-refractivity contribution is 0.427. The number of anilines is 1. The minimum absolute atomic E-state index is 0.137. The van der Waals surface area contributed by atoms with Gasteiger partial charge in [0, 0.05) is 15.8 Å². The van der Waals surface area contributed by atoms with Crippen molar-refractivity contribution in [3.63, 3.8) is 0 Å². The van der Waals surface area contributed by atoms with E-state index < -0.39 is 7.12 Å². The molecule has 0 bridgehead atoms. The van der Waals surface area contributed by atoms with E-state index in [1.165, 1.54) is 6.07 Å². The van der Waals surface area contributed by atoms with Gasteiger partial charge in [-0.25, -0.2) is 0 Å². The SMILES string of the molecule is Nc1c(B(O)O)sc2cc(O)ccc12. The second kappa shape index (κ2) is 3.16. The maximum Gasteiger partial charge on any atom is 0.501 e. The van der Waals surface area contributed by atoms with Gasteiger partial charge in [-0.1, -0.05) is 0 Å². The molecule has 0 aliphatic carbocycles. The lowest BCUT2D eigenvalue weighted by Crippen LogP contribution is -2.28. The molecule has 2 aromatic rings. The molecule has 0 aliphatic rings. The maximum absolute atomic E-state index is 9.21. The highest BCUT2D eigenvalue weighted by atomic mass is 32.1. The highest BCUT2D eigenvalue weighted by Crippen LogP contribution is 2.29. The molecule has 2 rings (SSSR count). The number of phenols is 1. The molecule has 0 fully saturated rings. The Balaban J connectivity index is 2.73. The van der Waals surface area contributed by atoms with Crippen molar-refractivity contribution < 1.29 is 15.2 Å². The number of benzene rings is 1. The quantitative estimate of drug-likeness (QED) is 0.492. The highest BCUT2D eigenvalue weighted by molar-refractivity contribution is 7.28. The number of nitrogens with two attached hydrogens (primary N) is 1. The van der Waals surface area contributed by atoms with Gasteiger partial charge in [0.1, 0.15) is 5.75 Å². The van der Waals surface area contributed by atoms with Crippen LogP contribution >= 0.6 is 11.3 Å². The third-order valence-electron chi connectivity index (χ3n) is 1.98.